The standard InChI is InChI=1S/C20H11F3N6O2/c21-20(22,23)11-2-1-3-12(6-11)29-17-13(18(30)28-19(29)31)9-24-15-5-4-14(27-16(15)17)10-7-25-26-8-10/h1-9H,(H,25,26)(H,28,30,31). The molecule has 4 heterocycles. The van der Waals surface area contributed by atoms with Crippen LogP contribution in [0.4, 0.5) is 13.2 Å². The molecule has 8 nitrogen and oxygen atoms in total. The highest BCUT2D eigenvalue weighted by molar-refractivity contribution is 6.01. The third kappa shape index (κ3) is 3.06. The van der Waals surface area contributed by atoms with Gasteiger partial charge in [-0.25, -0.2) is 9.78 Å². The van der Waals surface area contributed by atoms with Crippen molar-refractivity contribution in [2.75, 3.05) is 0 Å². The zero-order valence-corrected chi connectivity index (χ0v) is 15.4. The van der Waals surface area contributed by atoms with E-state index in [0.29, 0.717) is 16.8 Å². The Morgan fingerprint density at radius 3 is 2.61 bits per heavy atom. The number of halogens is 3. The van der Waals surface area contributed by atoms with Crippen molar-refractivity contribution in [1.29, 1.82) is 0 Å². The zero-order valence-electron chi connectivity index (χ0n) is 15.4. The fourth-order valence-electron chi connectivity index (χ4n) is 3.39. The fraction of sp³-hybridized carbons (Fsp3) is 0.0500. The van der Waals surface area contributed by atoms with E-state index in [9.17, 15) is 22.8 Å². The summed E-state index contributed by atoms with van der Waals surface area (Å²) in [5, 5.41) is 6.55. The van der Waals surface area contributed by atoms with Crippen molar-refractivity contribution in [1.82, 2.24) is 29.7 Å². The van der Waals surface area contributed by atoms with Gasteiger partial charge >= 0.3 is 11.9 Å². The molecule has 5 rings (SSSR count). The third-order valence-electron chi connectivity index (χ3n) is 4.80. The van der Waals surface area contributed by atoms with Crippen LogP contribution in [0.25, 0.3) is 38.9 Å². The highest BCUT2D eigenvalue weighted by atomic mass is 19.4. The molecule has 1 aromatic carbocycles. The molecule has 0 aliphatic heterocycles. The van der Waals surface area contributed by atoms with Gasteiger partial charge in [0.2, 0.25) is 0 Å². The SMILES string of the molecule is O=c1[nH]c(=O)n(-c2cccc(C(F)(F)F)c2)c2c1cnc1ccc(-c3cn[nH]c3)nc12. The lowest BCUT2D eigenvalue weighted by Gasteiger charge is -2.13. The molecule has 0 bridgehead atoms. The van der Waals surface area contributed by atoms with Gasteiger partial charge in [0.1, 0.15) is 5.52 Å². The van der Waals surface area contributed by atoms with Crippen molar-refractivity contribution in [3.05, 3.63) is 81.4 Å². The summed E-state index contributed by atoms with van der Waals surface area (Å²) in [6.45, 7) is 0. The van der Waals surface area contributed by atoms with E-state index >= 15 is 0 Å². The Labute approximate surface area is 170 Å². The summed E-state index contributed by atoms with van der Waals surface area (Å²) in [5.74, 6) is 0. The van der Waals surface area contributed by atoms with Crippen LogP contribution in [-0.2, 0) is 6.18 Å². The number of nitrogens with zero attached hydrogens (tertiary/aromatic N) is 4. The van der Waals surface area contributed by atoms with E-state index in [1.54, 1.807) is 24.5 Å². The predicted molar refractivity (Wildman–Crippen MR) is 106 cm³/mol. The second-order valence-corrected chi connectivity index (χ2v) is 6.71. The highest BCUT2D eigenvalue weighted by Crippen LogP contribution is 2.31. The van der Waals surface area contributed by atoms with Crippen molar-refractivity contribution < 1.29 is 13.2 Å². The van der Waals surface area contributed by atoms with E-state index in [1.807, 2.05) is 0 Å². The molecule has 11 heteroatoms. The van der Waals surface area contributed by atoms with Gasteiger partial charge in [-0.1, -0.05) is 6.07 Å². The Kier molecular flexibility index (Phi) is 4.00. The number of fused-ring (bicyclic) bond motifs is 3. The monoisotopic (exact) mass is 424 g/mol. The normalized spacial score (nSPS) is 12.0. The Morgan fingerprint density at radius 2 is 1.87 bits per heavy atom. The van der Waals surface area contributed by atoms with Gasteiger partial charge in [-0.3, -0.25) is 24.4 Å². The van der Waals surface area contributed by atoms with Gasteiger partial charge in [-0.05, 0) is 30.3 Å². The van der Waals surface area contributed by atoms with Gasteiger partial charge in [0, 0.05) is 18.0 Å². The van der Waals surface area contributed by atoms with E-state index in [4.69, 9.17) is 0 Å². The lowest BCUT2D eigenvalue weighted by molar-refractivity contribution is -0.137. The van der Waals surface area contributed by atoms with E-state index in [2.05, 4.69) is 25.1 Å². The number of aromatic amines is 2. The molecule has 0 atom stereocenters. The molecule has 0 radical (unpaired) electrons. The second kappa shape index (κ2) is 6.62. The number of pyridine rings is 2. The molecule has 0 aliphatic carbocycles. The molecule has 0 amide bonds. The first-order valence-electron chi connectivity index (χ1n) is 8.94. The van der Waals surface area contributed by atoms with E-state index < -0.39 is 23.0 Å². The van der Waals surface area contributed by atoms with E-state index in [0.717, 1.165) is 16.7 Å². The molecule has 0 saturated carbocycles. The molecule has 2 N–H and O–H groups in total. The van der Waals surface area contributed by atoms with E-state index in [1.165, 1.54) is 18.3 Å². The van der Waals surface area contributed by atoms with Crippen LogP contribution in [-0.4, -0.2) is 29.7 Å². The zero-order chi connectivity index (χ0) is 21.8. The number of H-pyrrole nitrogens is 2. The minimum atomic E-state index is -4.60. The topological polar surface area (TPSA) is 109 Å². The molecule has 4 aromatic heterocycles. The smallest absolute Gasteiger partial charge is 0.285 e. The maximum Gasteiger partial charge on any atom is 0.416 e. The largest absolute Gasteiger partial charge is 0.416 e. The van der Waals surface area contributed by atoms with Gasteiger partial charge in [-0.2, -0.15) is 18.3 Å². The molecule has 0 spiro atoms. The lowest BCUT2D eigenvalue weighted by Crippen LogP contribution is -2.29. The number of rotatable bonds is 2. The number of aromatic nitrogens is 6. The summed E-state index contributed by atoms with van der Waals surface area (Å²) < 4.78 is 40.7. The summed E-state index contributed by atoms with van der Waals surface area (Å²) in [6.07, 6.45) is -0.188. The number of hydrogen-bond acceptors (Lipinski definition) is 5. The molecular weight excluding hydrogens is 413 g/mol. The second-order valence-electron chi connectivity index (χ2n) is 6.71. The molecule has 0 aliphatic rings. The van der Waals surface area contributed by atoms with E-state index in [-0.39, 0.29) is 22.1 Å². The Bertz CT molecular complexity index is 1570. The molecule has 0 unspecified atom stereocenters. The van der Waals surface area contributed by atoms with Crippen molar-refractivity contribution in [2.45, 2.75) is 6.18 Å². The minimum Gasteiger partial charge on any atom is -0.285 e. The lowest BCUT2D eigenvalue weighted by atomic mass is 10.1. The average molecular weight is 424 g/mol. The molecule has 0 saturated heterocycles. The van der Waals surface area contributed by atoms with Crippen molar-refractivity contribution in [3.63, 3.8) is 0 Å². The van der Waals surface area contributed by atoms with Crippen molar-refractivity contribution >= 4 is 21.9 Å². The maximum atomic E-state index is 13.2. The van der Waals surface area contributed by atoms with Crippen LogP contribution in [0, 0.1) is 0 Å². The number of benzene rings is 1. The van der Waals surface area contributed by atoms with Crippen LogP contribution in [0.2, 0.25) is 0 Å². The summed E-state index contributed by atoms with van der Waals surface area (Å²) in [5.41, 5.74) is -0.847. The molecule has 0 fully saturated rings. The number of nitrogens with one attached hydrogen (secondary N) is 2. The number of hydrogen-bond donors (Lipinski definition) is 2. The molecular formula is C20H11F3N6O2. The van der Waals surface area contributed by atoms with Gasteiger partial charge in [0.05, 0.1) is 39.6 Å². The summed E-state index contributed by atoms with van der Waals surface area (Å²) in [7, 11) is 0. The van der Waals surface area contributed by atoms with Crippen LogP contribution in [0.1, 0.15) is 5.56 Å². The van der Waals surface area contributed by atoms with Gasteiger partial charge in [0.25, 0.3) is 5.56 Å². The van der Waals surface area contributed by atoms with Gasteiger partial charge < -0.3 is 0 Å². The van der Waals surface area contributed by atoms with Crippen LogP contribution in [0.3, 0.4) is 0 Å². The summed E-state index contributed by atoms with van der Waals surface area (Å²) >= 11 is 0. The van der Waals surface area contributed by atoms with Crippen LogP contribution >= 0.6 is 0 Å². The Balaban J connectivity index is 1.92. The first-order chi connectivity index (χ1) is 14.8. The van der Waals surface area contributed by atoms with Gasteiger partial charge in [-0.15, -0.1) is 0 Å². The molecule has 5 aromatic rings. The quantitative estimate of drug-likeness (QED) is 0.424. The first-order valence-corrected chi connectivity index (χ1v) is 8.94. The van der Waals surface area contributed by atoms with Crippen molar-refractivity contribution in [3.8, 4) is 16.9 Å². The first kappa shape index (κ1) is 18.7. The van der Waals surface area contributed by atoms with Crippen LogP contribution in [0.15, 0.2) is 64.6 Å². The third-order valence-corrected chi connectivity index (χ3v) is 4.80. The molecule has 154 valence electrons. The summed E-state index contributed by atoms with van der Waals surface area (Å²) in [4.78, 5) is 36.0. The summed E-state index contributed by atoms with van der Waals surface area (Å²) in [6, 6.07) is 7.61. The Morgan fingerprint density at radius 1 is 1.03 bits per heavy atom. The number of alkyl halides is 3. The van der Waals surface area contributed by atoms with Crippen molar-refractivity contribution in [2.24, 2.45) is 0 Å². The van der Waals surface area contributed by atoms with Crippen LogP contribution < -0.4 is 11.2 Å². The highest BCUT2D eigenvalue weighted by Gasteiger charge is 2.31. The maximum absolute atomic E-state index is 13.2. The average Bonchev–Trinajstić information content (AvgIpc) is 3.28. The van der Waals surface area contributed by atoms with Crippen LogP contribution in [0.5, 0.6) is 0 Å². The predicted octanol–water partition coefficient (Wildman–Crippen LogP) is 3.03. The minimum absolute atomic E-state index is 0.0151. The Hall–Kier alpha value is -4.28. The molecule has 31 heavy (non-hydrogen) atoms. The van der Waals surface area contributed by atoms with Gasteiger partial charge in [0.15, 0.2) is 0 Å². The fourth-order valence-corrected chi connectivity index (χ4v) is 3.39.